The number of carbonyl (C=O) groups is 1. The number of nitrogens with zero attached hydrogens (tertiary/aromatic N) is 1. The van der Waals surface area contributed by atoms with Crippen LogP contribution < -0.4 is 15.5 Å². The Bertz CT molecular complexity index is 573. The molecule has 5 nitrogen and oxygen atoms in total. The fraction of sp³-hybridized carbons (Fsp3) is 0.588. The predicted octanol–water partition coefficient (Wildman–Crippen LogP) is 2.87. The molecule has 0 unspecified atom stereocenters. The number of piperidine rings is 1. The summed E-state index contributed by atoms with van der Waals surface area (Å²) in [6, 6.07) is 3.52. The molecule has 0 spiro atoms. The minimum absolute atomic E-state index is 0.0129. The van der Waals surface area contributed by atoms with E-state index in [0.717, 1.165) is 44.5 Å². The van der Waals surface area contributed by atoms with Crippen LogP contribution in [-0.4, -0.2) is 45.8 Å². The predicted molar refractivity (Wildman–Crippen MR) is 90.9 cm³/mol. The summed E-state index contributed by atoms with van der Waals surface area (Å²) in [6.07, 6.45) is -1.35. The maximum Gasteiger partial charge on any atom is 0.416 e. The second-order valence-electron chi connectivity index (χ2n) is 6.00. The SMILES string of the molecule is COCCNCC(=O)Nc1cc(C(F)(F)F)ccc1N1CCCCC1. The van der Waals surface area contributed by atoms with Crippen LogP contribution in [0.15, 0.2) is 18.2 Å². The summed E-state index contributed by atoms with van der Waals surface area (Å²) in [5.41, 5.74) is 0.0732. The van der Waals surface area contributed by atoms with Crippen LogP contribution in [0.3, 0.4) is 0 Å². The van der Waals surface area contributed by atoms with Gasteiger partial charge in [-0.1, -0.05) is 0 Å². The second-order valence-corrected chi connectivity index (χ2v) is 6.00. The molecule has 140 valence electrons. The average Bonchev–Trinajstić information content (AvgIpc) is 2.59. The third-order valence-electron chi connectivity index (χ3n) is 4.06. The van der Waals surface area contributed by atoms with Gasteiger partial charge < -0.3 is 20.3 Å². The van der Waals surface area contributed by atoms with Crippen LogP contribution in [0.25, 0.3) is 0 Å². The van der Waals surface area contributed by atoms with E-state index in [2.05, 4.69) is 10.6 Å². The van der Waals surface area contributed by atoms with E-state index in [9.17, 15) is 18.0 Å². The number of hydrogen-bond acceptors (Lipinski definition) is 4. The highest BCUT2D eigenvalue weighted by Gasteiger charge is 2.31. The molecule has 25 heavy (non-hydrogen) atoms. The van der Waals surface area contributed by atoms with E-state index in [1.54, 1.807) is 7.11 Å². The summed E-state index contributed by atoms with van der Waals surface area (Å²) in [5.74, 6) is -0.381. The van der Waals surface area contributed by atoms with E-state index in [1.165, 1.54) is 6.07 Å². The first-order chi connectivity index (χ1) is 11.9. The number of ether oxygens (including phenoxy) is 1. The molecule has 0 radical (unpaired) electrons. The van der Waals surface area contributed by atoms with Crippen molar-refractivity contribution < 1.29 is 22.7 Å². The monoisotopic (exact) mass is 359 g/mol. The number of methoxy groups -OCH3 is 1. The molecule has 1 aliphatic rings. The first-order valence-electron chi connectivity index (χ1n) is 8.37. The number of carbonyl (C=O) groups excluding carboxylic acids is 1. The van der Waals surface area contributed by atoms with Crippen LogP contribution in [0, 0.1) is 0 Å². The number of alkyl halides is 3. The minimum Gasteiger partial charge on any atom is -0.383 e. The van der Waals surface area contributed by atoms with Gasteiger partial charge in [0.1, 0.15) is 0 Å². The second kappa shape index (κ2) is 9.05. The Hall–Kier alpha value is -1.80. The summed E-state index contributed by atoms with van der Waals surface area (Å²) in [5, 5.41) is 5.49. The topological polar surface area (TPSA) is 53.6 Å². The zero-order valence-corrected chi connectivity index (χ0v) is 14.3. The van der Waals surface area contributed by atoms with E-state index in [4.69, 9.17) is 4.74 Å². The van der Waals surface area contributed by atoms with Crippen LogP contribution in [0.4, 0.5) is 24.5 Å². The van der Waals surface area contributed by atoms with Crippen molar-refractivity contribution >= 4 is 17.3 Å². The van der Waals surface area contributed by atoms with Crippen molar-refractivity contribution in [1.29, 1.82) is 0 Å². The number of nitrogens with one attached hydrogen (secondary N) is 2. The molecule has 1 heterocycles. The quantitative estimate of drug-likeness (QED) is 0.735. The standard InChI is InChI=1S/C17H24F3N3O2/c1-25-10-7-21-12-16(24)22-14-11-13(17(18,19)20)5-6-15(14)23-8-3-2-4-9-23/h5-6,11,21H,2-4,7-10,12H2,1H3,(H,22,24). The molecule has 1 aromatic rings. The van der Waals surface area contributed by atoms with Gasteiger partial charge >= 0.3 is 6.18 Å². The van der Waals surface area contributed by atoms with E-state index in [0.29, 0.717) is 18.8 Å². The summed E-state index contributed by atoms with van der Waals surface area (Å²) >= 11 is 0. The Morgan fingerprint density at radius 3 is 2.60 bits per heavy atom. The van der Waals surface area contributed by atoms with E-state index in [-0.39, 0.29) is 18.1 Å². The van der Waals surface area contributed by atoms with E-state index in [1.807, 2.05) is 4.90 Å². The van der Waals surface area contributed by atoms with Crippen LogP contribution in [-0.2, 0) is 15.7 Å². The summed E-state index contributed by atoms with van der Waals surface area (Å²) in [6.45, 7) is 2.51. The van der Waals surface area contributed by atoms with Crippen molar-refractivity contribution in [3.8, 4) is 0 Å². The minimum atomic E-state index is -4.45. The lowest BCUT2D eigenvalue weighted by Crippen LogP contribution is -2.33. The molecular formula is C17H24F3N3O2. The fourth-order valence-electron chi connectivity index (χ4n) is 2.79. The lowest BCUT2D eigenvalue weighted by molar-refractivity contribution is -0.137. The van der Waals surface area contributed by atoms with E-state index >= 15 is 0 Å². The van der Waals surface area contributed by atoms with Crippen LogP contribution in [0.1, 0.15) is 24.8 Å². The fourth-order valence-corrected chi connectivity index (χ4v) is 2.79. The molecule has 0 aromatic heterocycles. The van der Waals surface area contributed by atoms with Gasteiger partial charge in [-0.2, -0.15) is 13.2 Å². The molecule has 0 saturated carbocycles. The van der Waals surface area contributed by atoms with Gasteiger partial charge in [-0.3, -0.25) is 4.79 Å². The largest absolute Gasteiger partial charge is 0.416 e. The van der Waals surface area contributed by atoms with Gasteiger partial charge in [0.05, 0.1) is 30.1 Å². The first-order valence-corrected chi connectivity index (χ1v) is 8.37. The molecule has 2 N–H and O–H groups in total. The average molecular weight is 359 g/mol. The van der Waals surface area contributed by atoms with Crippen molar-refractivity contribution in [2.45, 2.75) is 25.4 Å². The molecule has 0 aliphatic carbocycles. The highest BCUT2D eigenvalue weighted by atomic mass is 19.4. The highest BCUT2D eigenvalue weighted by Crippen LogP contribution is 2.36. The van der Waals surface area contributed by atoms with Gasteiger partial charge in [-0.15, -0.1) is 0 Å². The third-order valence-corrected chi connectivity index (χ3v) is 4.06. The first kappa shape index (κ1) is 19.5. The van der Waals surface area contributed by atoms with Crippen LogP contribution in [0.5, 0.6) is 0 Å². The molecule has 0 atom stereocenters. The van der Waals surface area contributed by atoms with Gasteiger partial charge in [0, 0.05) is 26.7 Å². The van der Waals surface area contributed by atoms with Crippen molar-refractivity contribution in [2.75, 3.05) is 50.1 Å². The Balaban J connectivity index is 2.14. The van der Waals surface area contributed by atoms with Gasteiger partial charge in [-0.05, 0) is 37.5 Å². The zero-order valence-electron chi connectivity index (χ0n) is 14.3. The van der Waals surface area contributed by atoms with Gasteiger partial charge in [0.15, 0.2) is 0 Å². The van der Waals surface area contributed by atoms with Crippen molar-refractivity contribution in [2.24, 2.45) is 0 Å². The Morgan fingerprint density at radius 1 is 1.24 bits per heavy atom. The number of rotatable bonds is 7. The molecule has 8 heteroatoms. The third kappa shape index (κ3) is 5.89. The van der Waals surface area contributed by atoms with Crippen molar-refractivity contribution in [3.63, 3.8) is 0 Å². The molecular weight excluding hydrogens is 335 g/mol. The maximum atomic E-state index is 13.0. The Kier molecular flexibility index (Phi) is 7.07. The summed E-state index contributed by atoms with van der Waals surface area (Å²) < 4.78 is 43.9. The number of halogens is 3. The molecule has 1 fully saturated rings. The molecule has 1 amide bonds. The van der Waals surface area contributed by atoms with E-state index < -0.39 is 11.7 Å². The number of benzene rings is 1. The molecule has 2 rings (SSSR count). The number of anilines is 2. The van der Waals surface area contributed by atoms with Crippen LogP contribution in [0.2, 0.25) is 0 Å². The zero-order chi connectivity index (χ0) is 18.3. The maximum absolute atomic E-state index is 13.0. The van der Waals surface area contributed by atoms with Crippen molar-refractivity contribution in [3.05, 3.63) is 23.8 Å². The lowest BCUT2D eigenvalue weighted by Gasteiger charge is -2.31. The number of amides is 1. The lowest BCUT2D eigenvalue weighted by atomic mass is 10.1. The van der Waals surface area contributed by atoms with Gasteiger partial charge in [-0.25, -0.2) is 0 Å². The Labute approximate surface area is 145 Å². The molecule has 0 bridgehead atoms. The van der Waals surface area contributed by atoms with Crippen LogP contribution >= 0.6 is 0 Å². The normalized spacial score (nSPS) is 15.3. The summed E-state index contributed by atoms with van der Waals surface area (Å²) in [4.78, 5) is 14.1. The van der Waals surface area contributed by atoms with Gasteiger partial charge in [0.25, 0.3) is 0 Å². The highest BCUT2D eigenvalue weighted by molar-refractivity contribution is 5.95. The number of hydrogen-bond donors (Lipinski definition) is 2. The summed E-state index contributed by atoms with van der Waals surface area (Å²) in [7, 11) is 1.55. The van der Waals surface area contributed by atoms with Gasteiger partial charge in [0.2, 0.25) is 5.91 Å². The molecule has 1 saturated heterocycles. The smallest absolute Gasteiger partial charge is 0.383 e. The molecule has 1 aromatic carbocycles. The van der Waals surface area contributed by atoms with Crippen molar-refractivity contribution in [1.82, 2.24) is 5.32 Å². The molecule has 1 aliphatic heterocycles. The Morgan fingerprint density at radius 2 is 1.96 bits per heavy atom.